The standard InChI is InChI=1S/C14H19ClN2O2.ClH/c15-12-4-1-2-5-13(12)19-11-3-6-14(18)17-9-7-16-8-10-17;/h1-2,4-5,16H,3,6-11H2;1H. The molecule has 112 valence electrons. The summed E-state index contributed by atoms with van der Waals surface area (Å²) in [5, 5.41) is 3.84. The number of piperazine rings is 1. The molecule has 6 heteroatoms. The number of para-hydroxylation sites is 1. The molecule has 4 nitrogen and oxygen atoms in total. The van der Waals surface area contributed by atoms with E-state index < -0.39 is 0 Å². The fourth-order valence-electron chi connectivity index (χ4n) is 2.04. The summed E-state index contributed by atoms with van der Waals surface area (Å²) in [6.07, 6.45) is 1.25. The minimum absolute atomic E-state index is 0. The topological polar surface area (TPSA) is 41.6 Å². The molecule has 2 rings (SSSR count). The summed E-state index contributed by atoms with van der Waals surface area (Å²) in [6, 6.07) is 7.37. The lowest BCUT2D eigenvalue weighted by Crippen LogP contribution is -2.46. The molecule has 1 fully saturated rings. The minimum atomic E-state index is 0. The van der Waals surface area contributed by atoms with Gasteiger partial charge < -0.3 is 15.0 Å². The highest BCUT2D eigenvalue weighted by Gasteiger charge is 2.15. The molecule has 0 saturated carbocycles. The van der Waals surface area contributed by atoms with Crippen molar-refractivity contribution in [3.63, 3.8) is 0 Å². The van der Waals surface area contributed by atoms with Crippen molar-refractivity contribution in [2.75, 3.05) is 32.8 Å². The van der Waals surface area contributed by atoms with Crippen LogP contribution in [0, 0.1) is 0 Å². The van der Waals surface area contributed by atoms with Crippen LogP contribution in [0.25, 0.3) is 0 Å². The van der Waals surface area contributed by atoms with E-state index in [-0.39, 0.29) is 18.3 Å². The van der Waals surface area contributed by atoms with Crippen LogP contribution in [0.4, 0.5) is 0 Å². The Kier molecular flexibility index (Phi) is 7.73. The SMILES string of the molecule is Cl.O=C(CCCOc1ccccc1Cl)N1CCNCC1. The number of nitrogens with one attached hydrogen (secondary N) is 1. The lowest BCUT2D eigenvalue weighted by atomic mass is 10.2. The van der Waals surface area contributed by atoms with Crippen molar-refractivity contribution >= 4 is 29.9 Å². The molecule has 1 aromatic carbocycles. The van der Waals surface area contributed by atoms with Crippen LogP contribution in [0.3, 0.4) is 0 Å². The summed E-state index contributed by atoms with van der Waals surface area (Å²) >= 11 is 5.98. The van der Waals surface area contributed by atoms with Gasteiger partial charge in [-0.1, -0.05) is 23.7 Å². The van der Waals surface area contributed by atoms with Crippen LogP contribution in [0.15, 0.2) is 24.3 Å². The molecule has 1 aliphatic rings. The Morgan fingerprint density at radius 2 is 2.00 bits per heavy atom. The van der Waals surface area contributed by atoms with Gasteiger partial charge >= 0.3 is 0 Å². The van der Waals surface area contributed by atoms with Crippen LogP contribution >= 0.6 is 24.0 Å². The van der Waals surface area contributed by atoms with E-state index >= 15 is 0 Å². The zero-order chi connectivity index (χ0) is 13.5. The second kappa shape index (κ2) is 9.06. The molecule has 1 aliphatic heterocycles. The third-order valence-corrected chi connectivity index (χ3v) is 3.41. The normalized spacial score (nSPS) is 14.6. The molecular formula is C14H20Cl2N2O2. The monoisotopic (exact) mass is 318 g/mol. The Bertz CT molecular complexity index is 423. The highest BCUT2D eigenvalue weighted by Crippen LogP contribution is 2.23. The maximum atomic E-state index is 11.9. The quantitative estimate of drug-likeness (QED) is 0.847. The van der Waals surface area contributed by atoms with Crippen LogP contribution in [-0.2, 0) is 4.79 Å². The first kappa shape index (κ1) is 17.1. The number of amides is 1. The van der Waals surface area contributed by atoms with Crippen LogP contribution in [-0.4, -0.2) is 43.6 Å². The Morgan fingerprint density at radius 3 is 2.70 bits per heavy atom. The van der Waals surface area contributed by atoms with Crippen LogP contribution in [0.1, 0.15) is 12.8 Å². The maximum absolute atomic E-state index is 11.9. The summed E-state index contributed by atoms with van der Waals surface area (Å²) in [6.45, 7) is 3.92. The molecule has 0 aromatic heterocycles. The van der Waals surface area contributed by atoms with Crippen molar-refractivity contribution in [1.82, 2.24) is 10.2 Å². The predicted octanol–water partition coefficient (Wildman–Crippen LogP) is 2.35. The highest BCUT2D eigenvalue weighted by molar-refractivity contribution is 6.32. The van der Waals surface area contributed by atoms with Crippen molar-refractivity contribution in [1.29, 1.82) is 0 Å². The molecule has 0 unspecified atom stereocenters. The molecule has 0 radical (unpaired) electrons. The third-order valence-electron chi connectivity index (χ3n) is 3.10. The lowest BCUT2D eigenvalue weighted by molar-refractivity contribution is -0.132. The van der Waals surface area contributed by atoms with Crippen molar-refractivity contribution in [3.8, 4) is 5.75 Å². The predicted molar refractivity (Wildman–Crippen MR) is 82.9 cm³/mol. The molecule has 1 amide bonds. The number of hydrogen-bond acceptors (Lipinski definition) is 3. The summed E-state index contributed by atoms with van der Waals surface area (Å²) in [5.74, 6) is 0.892. The molecule has 0 aliphatic carbocycles. The van der Waals surface area contributed by atoms with E-state index in [0.717, 1.165) is 26.2 Å². The fraction of sp³-hybridized carbons (Fsp3) is 0.500. The number of rotatable bonds is 5. The van der Waals surface area contributed by atoms with E-state index in [0.29, 0.717) is 30.2 Å². The van der Waals surface area contributed by atoms with Gasteiger partial charge in [-0.05, 0) is 18.6 Å². The minimum Gasteiger partial charge on any atom is -0.492 e. The van der Waals surface area contributed by atoms with Gasteiger partial charge in [0, 0.05) is 32.6 Å². The van der Waals surface area contributed by atoms with Crippen LogP contribution in [0.5, 0.6) is 5.75 Å². The molecule has 1 saturated heterocycles. The second-order valence-electron chi connectivity index (χ2n) is 4.51. The average molecular weight is 319 g/mol. The Hall–Kier alpha value is -0.970. The van der Waals surface area contributed by atoms with Crippen molar-refractivity contribution in [2.45, 2.75) is 12.8 Å². The summed E-state index contributed by atoms with van der Waals surface area (Å²) in [4.78, 5) is 13.8. The summed E-state index contributed by atoms with van der Waals surface area (Å²) in [5.41, 5.74) is 0. The van der Waals surface area contributed by atoms with Gasteiger partial charge in [-0.15, -0.1) is 12.4 Å². The smallest absolute Gasteiger partial charge is 0.222 e. The molecule has 1 N–H and O–H groups in total. The van der Waals surface area contributed by atoms with Crippen molar-refractivity contribution in [2.24, 2.45) is 0 Å². The Balaban J connectivity index is 0.00000200. The van der Waals surface area contributed by atoms with Crippen LogP contribution < -0.4 is 10.1 Å². The first-order valence-corrected chi connectivity index (χ1v) is 7.01. The summed E-state index contributed by atoms with van der Waals surface area (Å²) < 4.78 is 5.56. The number of nitrogens with zero attached hydrogens (tertiary/aromatic N) is 1. The average Bonchev–Trinajstić information content (AvgIpc) is 2.46. The third kappa shape index (κ3) is 5.19. The number of hydrogen-bond donors (Lipinski definition) is 1. The maximum Gasteiger partial charge on any atom is 0.222 e. The highest BCUT2D eigenvalue weighted by atomic mass is 35.5. The largest absolute Gasteiger partial charge is 0.492 e. The Morgan fingerprint density at radius 1 is 1.30 bits per heavy atom. The number of ether oxygens (including phenoxy) is 1. The van der Waals surface area contributed by atoms with E-state index in [2.05, 4.69) is 5.32 Å². The van der Waals surface area contributed by atoms with Gasteiger partial charge in [-0.25, -0.2) is 0 Å². The van der Waals surface area contributed by atoms with Gasteiger partial charge in [-0.3, -0.25) is 4.79 Å². The zero-order valence-electron chi connectivity index (χ0n) is 11.3. The first-order valence-electron chi connectivity index (χ1n) is 6.63. The number of benzene rings is 1. The molecule has 0 atom stereocenters. The van der Waals surface area contributed by atoms with E-state index in [9.17, 15) is 4.79 Å². The lowest BCUT2D eigenvalue weighted by Gasteiger charge is -2.27. The fourth-order valence-corrected chi connectivity index (χ4v) is 2.23. The van der Waals surface area contributed by atoms with Gasteiger partial charge in [0.2, 0.25) is 5.91 Å². The zero-order valence-corrected chi connectivity index (χ0v) is 12.9. The first-order chi connectivity index (χ1) is 9.27. The second-order valence-corrected chi connectivity index (χ2v) is 4.92. The molecule has 0 bridgehead atoms. The van der Waals surface area contributed by atoms with E-state index in [4.69, 9.17) is 16.3 Å². The molecule has 20 heavy (non-hydrogen) atoms. The molecular weight excluding hydrogens is 299 g/mol. The van der Waals surface area contributed by atoms with Crippen molar-refractivity contribution in [3.05, 3.63) is 29.3 Å². The van der Waals surface area contributed by atoms with E-state index in [1.54, 1.807) is 6.07 Å². The molecule has 0 spiro atoms. The van der Waals surface area contributed by atoms with Gasteiger partial charge in [0.05, 0.1) is 11.6 Å². The van der Waals surface area contributed by atoms with Crippen LogP contribution in [0.2, 0.25) is 5.02 Å². The summed E-state index contributed by atoms with van der Waals surface area (Å²) in [7, 11) is 0. The molecule has 1 heterocycles. The molecule has 1 aromatic rings. The Labute approximate surface area is 130 Å². The van der Waals surface area contributed by atoms with E-state index in [1.165, 1.54) is 0 Å². The van der Waals surface area contributed by atoms with Gasteiger partial charge in [0.15, 0.2) is 0 Å². The van der Waals surface area contributed by atoms with Gasteiger partial charge in [0.25, 0.3) is 0 Å². The van der Waals surface area contributed by atoms with Crippen molar-refractivity contribution < 1.29 is 9.53 Å². The number of carbonyl (C=O) groups is 1. The van der Waals surface area contributed by atoms with Gasteiger partial charge in [-0.2, -0.15) is 0 Å². The van der Waals surface area contributed by atoms with E-state index in [1.807, 2.05) is 23.1 Å². The number of halogens is 2. The number of carbonyl (C=O) groups excluding carboxylic acids is 1. The van der Waals surface area contributed by atoms with Gasteiger partial charge in [0.1, 0.15) is 5.75 Å².